The number of methoxy groups -OCH3 is 1. The van der Waals surface area contributed by atoms with Gasteiger partial charge in [-0.3, -0.25) is 4.79 Å². The Morgan fingerprint density at radius 1 is 1.15 bits per heavy atom. The Morgan fingerprint density at radius 2 is 1.89 bits per heavy atom. The van der Waals surface area contributed by atoms with E-state index in [1.807, 2.05) is 12.1 Å². The van der Waals surface area contributed by atoms with Crippen molar-refractivity contribution < 1.29 is 4.74 Å². The van der Waals surface area contributed by atoms with E-state index in [0.717, 1.165) is 11.1 Å². The van der Waals surface area contributed by atoms with E-state index >= 15 is 0 Å². The number of halogens is 1. The van der Waals surface area contributed by atoms with Crippen LogP contribution in [0.2, 0.25) is 5.02 Å². The van der Waals surface area contributed by atoms with Crippen LogP contribution in [-0.2, 0) is 11.3 Å². The average Bonchev–Trinajstić information content (AvgIpc) is 3.01. The molecule has 0 saturated heterocycles. The van der Waals surface area contributed by atoms with E-state index in [4.69, 9.17) is 16.3 Å². The molecule has 0 N–H and O–H groups in total. The molecule has 138 valence electrons. The molecule has 0 aliphatic rings. The lowest BCUT2D eigenvalue weighted by molar-refractivity contribution is 0.181. The van der Waals surface area contributed by atoms with Crippen LogP contribution in [0.5, 0.6) is 0 Å². The maximum absolute atomic E-state index is 12.7. The molecule has 27 heavy (non-hydrogen) atoms. The van der Waals surface area contributed by atoms with Gasteiger partial charge in [-0.2, -0.15) is 5.10 Å². The molecule has 0 saturated carbocycles. The number of ether oxygens (including phenoxy) is 1. The van der Waals surface area contributed by atoms with Crippen LogP contribution >= 0.6 is 11.6 Å². The van der Waals surface area contributed by atoms with Crippen LogP contribution in [0, 0.1) is 0 Å². The lowest BCUT2D eigenvalue weighted by atomic mass is 10.1. The molecule has 1 aromatic carbocycles. The Balaban J connectivity index is 2.05. The van der Waals surface area contributed by atoms with E-state index in [0.29, 0.717) is 28.5 Å². The fraction of sp³-hybridized carbons (Fsp3) is 0.222. The van der Waals surface area contributed by atoms with Gasteiger partial charge in [0.15, 0.2) is 11.2 Å². The Kier molecular flexibility index (Phi) is 4.29. The topological polar surface area (TPSA) is 77.5 Å². The van der Waals surface area contributed by atoms with Crippen molar-refractivity contribution in [3.8, 4) is 11.1 Å². The van der Waals surface area contributed by atoms with Gasteiger partial charge in [0.2, 0.25) is 0 Å². The first-order chi connectivity index (χ1) is 13.0. The average molecular weight is 385 g/mol. The maximum Gasteiger partial charge on any atom is 0.298 e. The molecule has 0 bridgehead atoms. The normalized spacial score (nSPS) is 11.4. The summed E-state index contributed by atoms with van der Waals surface area (Å²) in [6.45, 7) is 0.303. The smallest absolute Gasteiger partial charge is 0.298 e. The lowest BCUT2D eigenvalue weighted by Gasteiger charge is -2.15. The lowest BCUT2D eigenvalue weighted by Crippen LogP contribution is -2.36. The van der Waals surface area contributed by atoms with Gasteiger partial charge in [0.1, 0.15) is 5.52 Å². The van der Waals surface area contributed by atoms with Gasteiger partial charge >= 0.3 is 0 Å². The number of aromatic nitrogens is 5. The number of fused-ring (bicyclic) bond motifs is 3. The first-order valence-electron chi connectivity index (χ1n) is 8.23. The summed E-state index contributed by atoms with van der Waals surface area (Å²) < 4.78 is 8.41. The monoisotopic (exact) mass is 384 g/mol. The zero-order valence-electron chi connectivity index (χ0n) is 15.0. The van der Waals surface area contributed by atoms with Gasteiger partial charge in [0.05, 0.1) is 17.9 Å². The molecule has 0 fully saturated rings. The molecular weight excluding hydrogens is 368 g/mol. The first-order valence-corrected chi connectivity index (χ1v) is 8.61. The summed E-state index contributed by atoms with van der Waals surface area (Å²) >= 11 is 6.01. The Morgan fingerprint density at radius 3 is 2.56 bits per heavy atom. The summed E-state index contributed by atoms with van der Waals surface area (Å²) in [5.74, 6) is 0. The molecule has 3 aromatic heterocycles. The summed E-state index contributed by atoms with van der Waals surface area (Å²) in [6, 6.07) is 9.21. The Bertz CT molecular complexity index is 1200. The largest absolute Gasteiger partial charge is 0.378 e. The van der Waals surface area contributed by atoms with Gasteiger partial charge in [-0.15, -0.1) is 10.2 Å². The van der Waals surface area contributed by atoms with Crippen LogP contribution in [0.4, 0.5) is 0 Å². The minimum absolute atomic E-state index is 0.243. The van der Waals surface area contributed by atoms with Gasteiger partial charge in [-0.25, -0.2) is 9.19 Å². The zero-order chi connectivity index (χ0) is 19.1. The molecule has 9 heteroatoms. The molecule has 0 radical (unpaired) electrons. The van der Waals surface area contributed by atoms with Gasteiger partial charge in [0, 0.05) is 32.4 Å². The standard InChI is InChI=1S/C18H17ClN6O2/c1-23(2)24-9-8-14-16(18(24)26)20-21-17-15(11-4-6-12(19)7-5-11)13(10-27-3)22-25(14)17/h4-9H,10H2,1-3H3. The van der Waals surface area contributed by atoms with E-state index in [2.05, 4.69) is 15.3 Å². The van der Waals surface area contributed by atoms with Crippen LogP contribution in [0.15, 0.2) is 41.3 Å². The minimum atomic E-state index is -0.260. The van der Waals surface area contributed by atoms with Crippen molar-refractivity contribution in [1.82, 2.24) is 24.5 Å². The highest BCUT2D eigenvalue weighted by atomic mass is 35.5. The van der Waals surface area contributed by atoms with Gasteiger partial charge in [0.25, 0.3) is 5.56 Å². The van der Waals surface area contributed by atoms with Crippen molar-refractivity contribution in [2.24, 2.45) is 0 Å². The van der Waals surface area contributed by atoms with E-state index in [-0.39, 0.29) is 11.1 Å². The van der Waals surface area contributed by atoms with Crippen molar-refractivity contribution in [3.63, 3.8) is 0 Å². The molecule has 0 unspecified atom stereocenters. The predicted octanol–water partition coefficient (Wildman–Crippen LogP) is 2.10. The molecule has 4 rings (SSSR count). The van der Waals surface area contributed by atoms with Crippen LogP contribution < -0.4 is 10.6 Å². The highest BCUT2D eigenvalue weighted by molar-refractivity contribution is 6.30. The molecule has 0 aliphatic heterocycles. The van der Waals surface area contributed by atoms with Crippen molar-refractivity contribution in [3.05, 3.63) is 57.6 Å². The summed E-state index contributed by atoms with van der Waals surface area (Å²) in [5.41, 5.74) is 3.53. The summed E-state index contributed by atoms with van der Waals surface area (Å²) in [6.07, 6.45) is 1.69. The first kappa shape index (κ1) is 17.4. The molecule has 0 aliphatic carbocycles. The fourth-order valence-electron chi connectivity index (χ4n) is 3.05. The highest BCUT2D eigenvalue weighted by Crippen LogP contribution is 2.29. The number of rotatable bonds is 4. The third-order valence-electron chi connectivity index (χ3n) is 4.28. The zero-order valence-corrected chi connectivity index (χ0v) is 15.8. The summed E-state index contributed by atoms with van der Waals surface area (Å²) in [4.78, 5) is 12.7. The molecule has 0 amide bonds. The summed E-state index contributed by atoms with van der Waals surface area (Å²) in [5, 5.41) is 15.4. The third-order valence-corrected chi connectivity index (χ3v) is 4.53. The number of hydrogen-bond donors (Lipinski definition) is 0. The Hall–Kier alpha value is -2.97. The molecule has 0 atom stereocenters. The quantitative estimate of drug-likeness (QED) is 0.536. The molecular formula is C18H17ClN6O2. The van der Waals surface area contributed by atoms with E-state index in [1.54, 1.807) is 55.1 Å². The molecule has 8 nitrogen and oxygen atoms in total. The molecule has 0 spiro atoms. The van der Waals surface area contributed by atoms with Crippen molar-refractivity contribution >= 4 is 28.3 Å². The predicted molar refractivity (Wildman–Crippen MR) is 104 cm³/mol. The SMILES string of the molecule is COCc1nn2c(nnc3c(=O)n(N(C)C)ccc32)c1-c1ccc(Cl)cc1. The second-order valence-electron chi connectivity index (χ2n) is 6.24. The van der Waals surface area contributed by atoms with Crippen molar-refractivity contribution in [2.75, 3.05) is 26.2 Å². The number of hydrogen-bond acceptors (Lipinski definition) is 6. The second-order valence-corrected chi connectivity index (χ2v) is 6.68. The third kappa shape index (κ3) is 2.83. The van der Waals surface area contributed by atoms with E-state index in [9.17, 15) is 4.79 Å². The van der Waals surface area contributed by atoms with E-state index in [1.165, 1.54) is 4.68 Å². The molecule has 3 heterocycles. The minimum Gasteiger partial charge on any atom is -0.378 e. The van der Waals surface area contributed by atoms with Crippen molar-refractivity contribution in [1.29, 1.82) is 0 Å². The summed E-state index contributed by atoms with van der Waals surface area (Å²) in [7, 11) is 5.17. The number of nitrogens with zero attached hydrogens (tertiary/aromatic N) is 6. The van der Waals surface area contributed by atoms with Crippen LogP contribution in [-0.4, -0.2) is 45.7 Å². The van der Waals surface area contributed by atoms with Gasteiger partial charge < -0.3 is 9.75 Å². The molecule has 4 aromatic rings. The maximum atomic E-state index is 12.7. The second kappa shape index (κ2) is 6.64. The number of benzene rings is 1. The fourth-order valence-corrected chi connectivity index (χ4v) is 3.17. The van der Waals surface area contributed by atoms with Crippen LogP contribution in [0.25, 0.3) is 27.8 Å². The van der Waals surface area contributed by atoms with Crippen LogP contribution in [0.1, 0.15) is 5.69 Å². The van der Waals surface area contributed by atoms with Crippen molar-refractivity contribution in [2.45, 2.75) is 6.61 Å². The van der Waals surface area contributed by atoms with E-state index < -0.39 is 0 Å². The number of pyridine rings is 1. The van der Waals surface area contributed by atoms with Gasteiger partial charge in [-0.05, 0) is 23.8 Å². The highest BCUT2D eigenvalue weighted by Gasteiger charge is 2.19. The Labute approximate surface area is 159 Å². The van der Waals surface area contributed by atoms with Gasteiger partial charge in [-0.1, -0.05) is 23.7 Å². The van der Waals surface area contributed by atoms with Crippen LogP contribution in [0.3, 0.4) is 0 Å².